The number of amides is 1. The van der Waals surface area contributed by atoms with E-state index in [0.29, 0.717) is 24.2 Å². The molecule has 7 nitrogen and oxygen atoms in total. The van der Waals surface area contributed by atoms with E-state index in [-0.39, 0.29) is 5.76 Å². The molecule has 4 rings (SSSR count). The lowest BCUT2D eigenvalue weighted by atomic mass is 9.90. The largest absolute Gasteiger partial charge is 0.453 e. The number of rotatable bonds is 7. The summed E-state index contributed by atoms with van der Waals surface area (Å²) < 4.78 is 5.70. The van der Waals surface area contributed by atoms with Gasteiger partial charge in [-0.2, -0.15) is 0 Å². The average molecular weight is 405 g/mol. The number of aromatic nitrogens is 1. The summed E-state index contributed by atoms with van der Waals surface area (Å²) in [7, 11) is 3.89. The van der Waals surface area contributed by atoms with Gasteiger partial charge in [0.15, 0.2) is 5.76 Å². The molecule has 2 atom stereocenters. The van der Waals surface area contributed by atoms with Crippen molar-refractivity contribution in [3.8, 4) is 0 Å². The summed E-state index contributed by atoms with van der Waals surface area (Å²) in [5, 5.41) is 0.773. The first-order valence-electron chi connectivity index (χ1n) is 9.90. The van der Waals surface area contributed by atoms with Crippen molar-refractivity contribution >= 4 is 28.4 Å². The molecule has 7 heteroatoms. The molecule has 154 valence electrons. The van der Waals surface area contributed by atoms with Gasteiger partial charge in [0.05, 0.1) is 11.7 Å². The van der Waals surface area contributed by atoms with Crippen LogP contribution in [-0.2, 0) is 9.59 Å². The van der Waals surface area contributed by atoms with Crippen LogP contribution < -0.4 is 0 Å². The maximum atomic E-state index is 13.4. The Morgan fingerprint density at radius 1 is 1.13 bits per heavy atom. The second-order valence-electron chi connectivity index (χ2n) is 7.71. The summed E-state index contributed by atoms with van der Waals surface area (Å²) in [5.41, 5.74) is 1.09. The summed E-state index contributed by atoms with van der Waals surface area (Å²) in [6.45, 7) is 1.13. The fraction of sp³-hybridized carbons (Fsp3) is 0.304. The third-order valence-electron chi connectivity index (χ3n) is 5.35. The van der Waals surface area contributed by atoms with Gasteiger partial charge in [0.1, 0.15) is 11.5 Å². The van der Waals surface area contributed by atoms with Crippen LogP contribution in [0.4, 0.5) is 0 Å². The zero-order valence-electron chi connectivity index (χ0n) is 16.9. The van der Waals surface area contributed by atoms with Gasteiger partial charge in [0, 0.05) is 18.1 Å². The summed E-state index contributed by atoms with van der Waals surface area (Å²) >= 11 is 0. The number of hydrogen-bond donors (Lipinski definition) is 0. The highest BCUT2D eigenvalue weighted by atomic mass is 16.3. The first-order valence-corrected chi connectivity index (χ1v) is 9.90. The Labute approximate surface area is 174 Å². The van der Waals surface area contributed by atoms with Gasteiger partial charge in [-0.25, -0.2) is 0 Å². The Bertz CT molecular complexity index is 1060. The van der Waals surface area contributed by atoms with E-state index in [9.17, 15) is 14.4 Å². The van der Waals surface area contributed by atoms with Gasteiger partial charge in [0.25, 0.3) is 5.91 Å². The fourth-order valence-electron chi connectivity index (χ4n) is 3.92. The lowest BCUT2D eigenvalue weighted by molar-refractivity contribution is -0.140. The van der Waals surface area contributed by atoms with E-state index in [1.165, 1.54) is 4.90 Å². The van der Waals surface area contributed by atoms with E-state index in [1.54, 1.807) is 36.5 Å². The van der Waals surface area contributed by atoms with Gasteiger partial charge in [0.2, 0.25) is 11.6 Å². The maximum absolute atomic E-state index is 13.4. The average Bonchev–Trinajstić information content (AvgIpc) is 3.28. The minimum atomic E-state index is -1.17. The number of ketones is 2. The quantitative estimate of drug-likeness (QED) is 0.341. The number of para-hydroxylation sites is 1. The third-order valence-corrected chi connectivity index (χ3v) is 5.35. The Morgan fingerprint density at radius 2 is 1.90 bits per heavy atom. The van der Waals surface area contributed by atoms with Crippen molar-refractivity contribution in [1.29, 1.82) is 0 Å². The van der Waals surface area contributed by atoms with Crippen LogP contribution in [0.25, 0.3) is 11.0 Å². The summed E-state index contributed by atoms with van der Waals surface area (Å²) in [6.07, 6.45) is 2.28. The second-order valence-corrected chi connectivity index (χ2v) is 7.71. The highest BCUT2D eigenvalue weighted by molar-refractivity contribution is 6.43. The van der Waals surface area contributed by atoms with Crippen LogP contribution in [0, 0.1) is 5.92 Å². The Morgan fingerprint density at radius 3 is 2.60 bits per heavy atom. The molecule has 2 unspecified atom stereocenters. The zero-order valence-corrected chi connectivity index (χ0v) is 16.9. The van der Waals surface area contributed by atoms with Crippen LogP contribution >= 0.6 is 0 Å². The molecule has 2 aromatic heterocycles. The second kappa shape index (κ2) is 8.20. The van der Waals surface area contributed by atoms with E-state index in [0.717, 1.165) is 11.9 Å². The summed E-state index contributed by atoms with van der Waals surface area (Å²) in [4.78, 5) is 47.0. The number of Topliss-reactive ketones (excluding diaryl/α,β-unsaturated/α-hetero) is 2. The van der Waals surface area contributed by atoms with Gasteiger partial charge in [-0.15, -0.1) is 0 Å². The molecule has 0 spiro atoms. The number of likely N-dealkylation sites (tertiary alicyclic amines) is 1. The Balaban J connectivity index is 1.71. The minimum Gasteiger partial charge on any atom is -0.453 e. The van der Waals surface area contributed by atoms with Crippen LogP contribution in [0.3, 0.4) is 0 Å². The number of pyridine rings is 1. The topological polar surface area (TPSA) is 83.7 Å². The molecule has 0 aliphatic carbocycles. The molecule has 0 saturated carbocycles. The predicted octanol–water partition coefficient (Wildman–Crippen LogP) is 2.73. The molecule has 1 aliphatic heterocycles. The predicted molar refractivity (Wildman–Crippen MR) is 111 cm³/mol. The van der Waals surface area contributed by atoms with Gasteiger partial charge in [-0.3, -0.25) is 19.4 Å². The van der Waals surface area contributed by atoms with E-state index in [4.69, 9.17) is 4.42 Å². The van der Waals surface area contributed by atoms with Crippen LogP contribution in [0.1, 0.15) is 28.7 Å². The minimum absolute atomic E-state index is 0.0819. The number of fused-ring (bicyclic) bond motifs is 1. The van der Waals surface area contributed by atoms with Crippen molar-refractivity contribution in [3.63, 3.8) is 0 Å². The summed E-state index contributed by atoms with van der Waals surface area (Å²) in [6, 6.07) is 13.4. The highest BCUT2D eigenvalue weighted by Crippen LogP contribution is 2.38. The van der Waals surface area contributed by atoms with E-state index < -0.39 is 29.4 Å². The van der Waals surface area contributed by atoms with E-state index in [1.807, 2.05) is 37.2 Å². The molecule has 1 aliphatic rings. The van der Waals surface area contributed by atoms with Gasteiger partial charge >= 0.3 is 0 Å². The Kier molecular flexibility index (Phi) is 5.46. The molecule has 3 heterocycles. The molecule has 30 heavy (non-hydrogen) atoms. The number of carbonyl (C=O) groups excluding carboxylic acids is 3. The fourth-order valence-corrected chi connectivity index (χ4v) is 3.92. The van der Waals surface area contributed by atoms with Gasteiger partial charge < -0.3 is 14.2 Å². The number of nitrogens with zero attached hydrogens (tertiary/aromatic N) is 3. The van der Waals surface area contributed by atoms with Crippen LogP contribution in [0.5, 0.6) is 0 Å². The van der Waals surface area contributed by atoms with E-state index >= 15 is 0 Å². The molecule has 0 bridgehead atoms. The van der Waals surface area contributed by atoms with Crippen molar-refractivity contribution < 1.29 is 18.8 Å². The molecule has 1 saturated heterocycles. The number of benzene rings is 1. The molecule has 1 fully saturated rings. The molecular formula is C23H23N3O4. The maximum Gasteiger partial charge on any atom is 0.291 e. The van der Waals surface area contributed by atoms with Gasteiger partial charge in [-0.1, -0.05) is 24.3 Å². The number of carbonyl (C=O) groups is 3. The standard InChI is InChI=1S/C23H23N3O4/c1-25(2)12-7-13-26-20(16-9-5-6-11-24-16)19(22(28)23(26)29)21(27)18-14-15-8-3-4-10-17(15)30-18/h3-6,8-11,14,19-20H,7,12-13H2,1-2H3. The SMILES string of the molecule is CN(C)CCCN1C(=O)C(=O)C(C(=O)c2cc3ccccc3o2)C1c1ccccn1. The van der Waals surface area contributed by atoms with Crippen LogP contribution in [0.2, 0.25) is 0 Å². The third kappa shape index (κ3) is 3.64. The lowest BCUT2D eigenvalue weighted by Crippen LogP contribution is -2.33. The highest BCUT2D eigenvalue weighted by Gasteiger charge is 2.52. The molecule has 1 amide bonds. The first kappa shape index (κ1) is 20.0. The van der Waals surface area contributed by atoms with Crippen LogP contribution in [-0.4, -0.2) is 59.4 Å². The molecule has 0 radical (unpaired) electrons. The van der Waals surface area contributed by atoms with Crippen molar-refractivity contribution in [2.24, 2.45) is 5.92 Å². The van der Waals surface area contributed by atoms with Crippen LogP contribution in [0.15, 0.2) is 59.1 Å². The normalized spacial score (nSPS) is 19.2. The first-order chi connectivity index (χ1) is 14.5. The molecule has 1 aromatic carbocycles. The molecular weight excluding hydrogens is 382 g/mol. The Hall–Kier alpha value is -3.32. The van der Waals surface area contributed by atoms with Crippen molar-refractivity contribution in [2.75, 3.05) is 27.2 Å². The number of hydrogen-bond acceptors (Lipinski definition) is 6. The van der Waals surface area contributed by atoms with Crippen molar-refractivity contribution in [3.05, 3.63) is 66.2 Å². The van der Waals surface area contributed by atoms with Crippen molar-refractivity contribution in [2.45, 2.75) is 12.5 Å². The monoisotopic (exact) mass is 405 g/mol. The molecule has 3 aromatic rings. The van der Waals surface area contributed by atoms with Gasteiger partial charge in [-0.05, 0) is 51.3 Å². The van der Waals surface area contributed by atoms with E-state index in [2.05, 4.69) is 4.98 Å². The lowest BCUT2D eigenvalue weighted by Gasteiger charge is -2.26. The zero-order chi connectivity index (χ0) is 21.3. The summed E-state index contributed by atoms with van der Waals surface area (Å²) in [5.74, 6) is -2.93. The number of furan rings is 1. The smallest absolute Gasteiger partial charge is 0.291 e. The molecule has 0 N–H and O–H groups in total. The van der Waals surface area contributed by atoms with Crippen molar-refractivity contribution in [1.82, 2.24) is 14.8 Å².